The number of imidazole rings is 1. The lowest BCUT2D eigenvalue weighted by Crippen LogP contribution is -2.18. The van der Waals surface area contributed by atoms with E-state index in [1.165, 1.54) is 10.7 Å². The highest BCUT2D eigenvalue weighted by Gasteiger charge is 2.16. The molecule has 0 spiro atoms. The molecule has 0 saturated carbocycles. The van der Waals surface area contributed by atoms with E-state index < -0.39 is 0 Å². The summed E-state index contributed by atoms with van der Waals surface area (Å²) in [6, 6.07) is 25.8. The normalized spacial score (nSPS) is 12.7. The quantitative estimate of drug-likeness (QED) is 0.147. The van der Waals surface area contributed by atoms with Gasteiger partial charge in [-0.3, -0.25) is 24.0 Å². The molecule has 13 nitrogen and oxygen atoms in total. The molecule has 6 heterocycles. The number of nitrogens with one attached hydrogen (secondary N) is 1. The molecule has 1 amide bonds. The van der Waals surface area contributed by atoms with Gasteiger partial charge < -0.3 is 14.5 Å². The number of carbonyl (C=O) groups is 1. The Labute approximate surface area is 303 Å². The van der Waals surface area contributed by atoms with Crippen molar-refractivity contribution in [2.45, 2.75) is 45.1 Å². The average Bonchev–Trinajstić information content (AvgIpc) is 3.78. The molecule has 2 unspecified atom stereocenters. The summed E-state index contributed by atoms with van der Waals surface area (Å²) in [5, 5.41) is 7.11. The number of amides is 1. The van der Waals surface area contributed by atoms with E-state index in [9.17, 15) is 9.59 Å². The number of hydrogen-bond donors (Lipinski definition) is 1. The molecule has 6 aromatic heterocycles. The van der Waals surface area contributed by atoms with Crippen LogP contribution in [0.5, 0.6) is 5.75 Å². The van der Waals surface area contributed by atoms with E-state index in [1.807, 2.05) is 71.4 Å². The third-order valence-electron chi connectivity index (χ3n) is 9.34. The molecule has 13 heteroatoms. The third-order valence-corrected chi connectivity index (χ3v) is 9.34. The minimum absolute atomic E-state index is 0.207. The van der Waals surface area contributed by atoms with Crippen molar-refractivity contribution in [3.63, 3.8) is 0 Å². The van der Waals surface area contributed by atoms with Crippen LogP contribution in [0.1, 0.15) is 66.0 Å². The van der Waals surface area contributed by atoms with E-state index in [4.69, 9.17) is 9.15 Å². The van der Waals surface area contributed by atoms with E-state index in [0.717, 1.165) is 40.8 Å². The lowest BCUT2D eigenvalue weighted by atomic mass is 9.91. The second kappa shape index (κ2) is 14.1. The summed E-state index contributed by atoms with van der Waals surface area (Å²) in [6.45, 7) is 4.67. The monoisotopic (exact) mass is 705 g/mol. The summed E-state index contributed by atoms with van der Waals surface area (Å²) in [5.41, 5.74) is 7.08. The number of pyridine rings is 2. The Hall–Kier alpha value is -6.76. The molecule has 0 bridgehead atoms. The van der Waals surface area contributed by atoms with Crippen LogP contribution in [0.4, 0.5) is 5.69 Å². The Kier molecular flexibility index (Phi) is 8.88. The van der Waals surface area contributed by atoms with Gasteiger partial charge in [-0.05, 0) is 84.8 Å². The molecule has 0 aliphatic heterocycles. The number of oxazole rings is 1. The van der Waals surface area contributed by atoms with Crippen LogP contribution < -0.4 is 15.6 Å². The number of anilines is 1. The van der Waals surface area contributed by atoms with Crippen molar-refractivity contribution >= 4 is 39.5 Å². The summed E-state index contributed by atoms with van der Waals surface area (Å²) in [5.74, 6) is 1.67. The third kappa shape index (κ3) is 7.09. The summed E-state index contributed by atoms with van der Waals surface area (Å²) in [4.78, 5) is 47.4. The second-order valence-corrected chi connectivity index (χ2v) is 13.1. The molecule has 53 heavy (non-hydrogen) atoms. The molecule has 2 atom stereocenters. The predicted octanol–water partition coefficient (Wildman–Crippen LogP) is 7.09. The summed E-state index contributed by atoms with van der Waals surface area (Å²) < 4.78 is 15.0. The van der Waals surface area contributed by atoms with Crippen LogP contribution in [-0.4, -0.2) is 45.0 Å². The number of fused-ring (bicyclic) bond motifs is 4. The highest BCUT2D eigenvalue weighted by atomic mass is 16.5. The molecule has 264 valence electrons. The molecule has 2 aromatic carbocycles. The first-order chi connectivity index (χ1) is 25.8. The Bertz CT molecular complexity index is 2650. The number of hydrogen-bond acceptors (Lipinski definition) is 10. The van der Waals surface area contributed by atoms with E-state index in [0.29, 0.717) is 52.4 Å². The number of ether oxygens (including phenoxy) is 1. The van der Waals surface area contributed by atoms with E-state index >= 15 is 0 Å². The van der Waals surface area contributed by atoms with E-state index in [1.54, 1.807) is 31.4 Å². The Balaban J connectivity index is 0.819. The van der Waals surface area contributed by atoms with Crippen LogP contribution in [0, 0.1) is 0 Å². The van der Waals surface area contributed by atoms with Gasteiger partial charge in [-0.25, -0.2) is 19.6 Å². The summed E-state index contributed by atoms with van der Waals surface area (Å²) in [6.07, 6.45) is 7.32. The fourth-order valence-electron chi connectivity index (χ4n) is 6.15. The highest BCUT2D eigenvalue weighted by Crippen LogP contribution is 2.29. The zero-order chi connectivity index (χ0) is 36.5. The zero-order valence-corrected chi connectivity index (χ0v) is 29.3. The van der Waals surface area contributed by atoms with Crippen LogP contribution in [0.15, 0.2) is 113 Å². The number of rotatable bonds is 11. The van der Waals surface area contributed by atoms with Gasteiger partial charge in [0, 0.05) is 37.3 Å². The Morgan fingerprint density at radius 3 is 2.55 bits per heavy atom. The lowest BCUT2D eigenvalue weighted by Gasteiger charge is -2.16. The number of benzene rings is 2. The first-order valence-electron chi connectivity index (χ1n) is 17.3. The molecule has 0 radical (unpaired) electrons. The SMILES string of the molecule is CC(CCC(C)c1ccc(NC(=O)c2ccn3c(n2)nc2ccccc23)cn1)c1ccc(COc2ccc3oc(-c4ccc(=O)n(C)n4)nc3c2)nc1. The Morgan fingerprint density at radius 2 is 1.74 bits per heavy atom. The van der Waals surface area contributed by atoms with Gasteiger partial charge in [-0.15, -0.1) is 0 Å². The first-order valence-corrected chi connectivity index (χ1v) is 17.3. The minimum Gasteiger partial charge on any atom is -0.487 e. The fraction of sp³-hybridized carbons (Fsp3) is 0.200. The van der Waals surface area contributed by atoms with Gasteiger partial charge in [0.2, 0.25) is 11.7 Å². The van der Waals surface area contributed by atoms with Crippen LogP contribution in [0.3, 0.4) is 0 Å². The van der Waals surface area contributed by atoms with Crippen molar-refractivity contribution in [3.8, 4) is 17.3 Å². The number of aromatic nitrogens is 8. The van der Waals surface area contributed by atoms with Crippen LogP contribution in [0.2, 0.25) is 0 Å². The van der Waals surface area contributed by atoms with Gasteiger partial charge in [0.05, 0.1) is 28.6 Å². The zero-order valence-electron chi connectivity index (χ0n) is 29.3. The number of para-hydroxylation sites is 2. The molecule has 0 aliphatic rings. The number of nitrogens with zero attached hydrogens (tertiary/aromatic N) is 8. The molecule has 1 N–H and O–H groups in total. The summed E-state index contributed by atoms with van der Waals surface area (Å²) >= 11 is 0. The maximum Gasteiger partial charge on any atom is 0.274 e. The van der Waals surface area contributed by atoms with Crippen molar-refractivity contribution in [1.82, 2.24) is 39.1 Å². The van der Waals surface area contributed by atoms with E-state index in [-0.39, 0.29) is 23.1 Å². The first kappa shape index (κ1) is 33.4. The van der Waals surface area contributed by atoms with Crippen molar-refractivity contribution in [2.75, 3.05) is 5.32 Å². The Morgan fingerprint density at radius 1 is 0.868 bits per heavy atom. The van der Waals surface area contributed by atoms with Gasteiger partial charge in [0.15, 0.2) is 5.58 Å². The summed E-state index contributed by atoms with van der Waals surface area (Å²) in [7, 11) is 1.58. The van der Waals surface area contributed by atoms with Crippen LogP contribution in [-0.2, 0) is 13.7 Å². The smallest absolute Gasteiger partial charge is 0.274 e. The van der Waals surface area contributed by atoms with Crippen molar-refractivity contribution in [1.29, 1.82) is 0 Å². The minimum atomic E-state index is -0.317. The van der Waals surface area contributed by atoms with Gasteiger partial charge in [-0.1, -0.05) is 32.0 Å². The average molecular weight is 706 g/mol. The van der Waals surface area contributed by atoms with Crippen molar-refractivity contribution in [3.05, 3.63) is 137 Å². The topological polar surface area (TPSA) is 155 Å². The number of aryl methyl sites for hydroxylation is 1. The van der Waals surface area contributed by atoms with Crippen LogP contribution in [0.25, 0.3) is 39.5 Å². The lowest BCUT2D eigenvalue weighted by molar-refractivity contribution is 0.102. The molecule has 0 aliphatic carbocycles. The predicted molar refractivity (Wildman–Crippen MR) is 200 cm³/mol. The van der Waals surface area contributed by atoms with Gasteiger partial charge in [0.1, 0.15) is 29.3 Å². The molecular formula is C40H35N9O4. The highest BCUT2D eigenvalue weighted by molar-refractivity contribution is 6.03. The van der Waals surface area contributed by atoms with Crippen molar-refractivity contribution in [2.24, 2.45) is 7.05 Å². The number of carbonyl (C=O) groups excluding carboxylic acids is 1. The molecular weight excluding hydrogens is 670 g/mol. The second-order valence-electron chi connectivity index (χ2n) is 13.1. The van der Waals surface area contributed by atoms with E-state index in [2.05, 4.69) is 55.2 Å². The van der Waals surface area contributed by atoms with Gasteiger partial charge in [-0.2, -0.15) is 5.10 Å². The fourth-order valence-corrected chi connectivity index (χ4v) is 6.15. The van der Waals surface area contributed by atoms with Gasteiger partial charge >= 0.3 is 0 Å². The van der Waals surface area contributed by atoms with Gasteiger partial charge in [0.25, 0.3) is 11.5 Å². The molecule has 8 rings (SSSR count). The standard InChI is InChI=1S/C40H35N9O4/c1-24(26-10-11-28(41-21-26)23-52-29-13-16-36-34(20-29)44-39(53-36)33-15-17-37(50)48(3)47-33)8-9-25(2)30-14-12-27(22-42-30)43-38(51)32-18-19-49-35-7-5-4-6-31(35)45-40(49)46-32/h4-7,10-22,24-25H,8-9,23H2,1-3H3,(H,43,51). The molecule has 8 aromatic rings. The molecule has 0 saturated heterocycles. The van der Waals surface area contributed by atoms with Crippen LogP contribution >= 0.6 is 0 Å². The largest absolute Gasteiger partial charge is 0.487 e. The maximum atomic E-state index is 13.0. The van der Waals surface area contributed by atoms with Crippen molar-refractivity contribution < 1.29 is 13.9 Å². The molecule has 0 fully saturated rings. The maximum absolute atomic E-state index is 13.0.